The summed E-state index contributed by atoms with van der Waals surface area (Å²) in [6.07, 6.45) is 2.16. The van der Waals surface area contributed by atoms with E-state index in [9.17, 15) is 0 Å². The number of anilines is 1. The summed E-state index contributed by atoms with van der Waals surface area (Å²) in [6.45, 7) is 6.38. The first-order chi connectivity index (χ1) is 8.20. The third-order valence-electron chi connectivity index (χ3n) is 3.01. The van der Waals surface area contributed by atoms with E-state index in [0.717, 1.165) is 18.8 Å². The molecule has 0 radical (unpaired) electrons. The second-order valence-corrected chi connectivity index (χ2v) is 5.23. The molecule has 0 spiro atoms. The van der Waals surface area contributed by atoms with Crippen molar-refractivity contribution < 1.29 is 0 Å². The van der Waals surface area contributed by atoms with Gasteiger partial charge < -0.3 is 10.2 Å². The largest absolute Gasteiger partial charge is 0.371 e. The molecule has 96 valence electrons. The smallest absolute Gasteiger partial charge is 0.0411 e. The van der Waals surface area contributed by atoms with Crippen molar-refractivity contribution in [2.75, 3.05) is 30.5 Å². The number of thioether (sulfide) groups is 1. The lowest BCUT2D eigenvalue weighted by Gasteiger charge is -2.28. The molecule has 0 aliphatic heterocycles. The number of nitrogens with zero attached hydrogens (tertiary/aromatic N) is 1. The lowest BCUT2D eigenvalue weighted by Crippen LogP contribution is -2.32. The van der Waals surface area contributed by atoms with E-state index >= 15 is 0 Å². The van der Waals surface area contributed by atoms with Crippen LogP contribution in [-0.4, -0.2) is 31.6 Å². The minimum absolute atomic E-state index is 0.563. The first kappa shape index (κ1) is 14.4. The van der Waals surface area contributed by atoms with Crippen molar-refractivity contribution in [1.82, 2.24) is 5.32 Å². The molecule has 1 atom stereocenters. The van der Waals surface area contributed by atoms with Crippen LogP contribution >= 0.6 is 11.8 Å². The van der Waals surface area contributed by atoms with Gasteiger partial charge in [-0.1, -0.05) is 25.1 Å². The molecule has 0 aliphatic carbocycles. The highest BCUT2D eigenvalue weighted by molar-refractivity contribution is 7.98. The molecule has 0 saturated carbocycles. The van der Waals surface area contributed by atoms with E-state index in [1.807, 2.05) is 11.8 Å². The molecule has 2 nitrogen and oxygen atoms in total. The van der Waals surface area contributed by atoms with Crippen LogP contribution in [0.3, 0.4) is 0 Å². The zero-order valence-electron chi connectivity index (χ0n) is 11.4. The van der Waals surface area contributed by atoms with E-state index in [0.29, 0.717) is 6.04 Å². The summed E-state index contributed by atoms with van der Waals surface area (Å²) in [5, 5.41) is 3.40. The van der Waals surface area contributed by atoms with Crippen LogP contribution in [0.25, 0.3) is 0 Å². The Kier molecular flexibility index (Phi) is 6.45. The zero-order valence-corrected chi connectivity index (χ0v) is 12.2. The molecule has 1 aromatic rings. The molecule has 0 saturated heterocycles. The van der Waals surface area contributed by atoms with Gasteiger partial charge in [0.15, 0.2) is 0 Å². The van der Waals surface area contributed by atoms with Crippen LogP contribution < -0.4 is 10.2 Å². The van der Waals surface area contributed by atoms with E-state index in [-0.39, 0.29) is 0 Å². The summed E-state index contributed by atoms with van der Waals surface area (Å²) >= 11 is 1.90. The van der Waals surface area contributed by atoms with Crippen molar-refractivity contribution in [2.24, 2.45) is 0 Å². The van der Waals surface area contributed by atoms with Gasteiger partial charge in [-0.2, -0.15) is 11.8 Å². The molecule has 17 heavy (non-hydrogen) atoms. The van der Waals surface area contributed by atoms with E-state index in [2.05, 4.69) is 61.6 Å². The molecule has 0 bridgehead atoms. The first-order valence-corrected chi connectivity index (χ1v) is 7.60. The molecule has 0 amide bonds. The quantitative estimate of drug-likeness (QED) is 0.803. The van der Waals surface area contributed by atoms with Crippen LogP contribution in [0.4, 0.5) is 5.69 Å². The number of benzene rings is 1. The number of hydrogen-bond acceptors (Lipinski definition) is 3. The Morgan fingerprint density at radius 2 is 2.06 bits per heavy atom. The van der Waals surface area contributed by atoms with Crippen molar-refractivity contribution in [3.05, 3.63) is 29.8 Å². The summed E-state index contributed by atoms with van der Waals surface area (Å²) in [4.78, 5) is 2.38. The second-order valence-electron chi connectivity index (χ2n) is 4.32. The Balaban J connectivity index is 2.80. The van der Waals surface area contributed by atoms with Crippen LogP contribution in [0, 0.1) is 0 Å². The molecule has 0 aromatic heterocycles. The fourth-order valence-electron chi connectivity index (χ4n) is 1.85. The van der Waals surface area contributed by atoms with Gasteiger partial charge >= 0.3 is 0 Å². The van der Waals surface area contributed by atoms with Crippen molar-refractivity contribution >= 4 is 17.4 Å². The van der Waals surface area contributed by atoms with Crippen molar-refractivity contribution in [3.63, 3.8) is 0 Å². The van der Waals surface area contributed by atoms with E-state index in [1.165, 1.54) is 11.3 Å². The van der Waals surface area contributed by atoms with Crippen LogP contribution in [0.2, 0.25) is 0 Å². The van der Waals surface area contributed by atoms with Crippen LogP contribution in [0.15, 0.2) is 24.3 Å². The van der Waals surface area contributed by atoms with E-state index in [4.69, 9.17) is 0 Å². The Morgan fingerprint density at radius 3 is 2.71 bits per heavy atom. The monoisotopic (exact) mass is 252 g/mol. The van der Waals surface area contributed by atoms with Crippen molar-refractivity contribution in [3.8, 4) is 0 Å². The summed E-state index contributed by atoms with van der Waals surface area (Å²) in [5.74, 6) is 1.16. The average molecular weight is 252 g/mol. The number of nitrogens with one attached hydrogen (secondary N) is 1. The van der Waals surface area contributed by atoms with Crippen molar-refractivity contribution in [1.29, 1.82) is 0 Å². The summed E-state index contributed by atoms with van der Waals surface area (Å²) in [7, 11) is 2.19. The highest BCUT2D eigenvalue weighted by Gasteiger charge is 2.12. The molecule has 3 heteroatoms. The van der Waals surface area contributed by atoms with Gasteiger partial charge in [-0.05, 0) is 31.4 Å². The Bertz CT molecular complexity index is 328. The minimum atomic E-state index is 0.563. The molecular formula is C14H24N2S. The zero-order chi connectivity index (χ0) is 12.7. The maximum absolute atomic E-state index is 3.40. The van der Waals surface area contributed by atoms with Crippen LogP contribution in [0.1, 0.15) is 19.4 Å². The SMILES string of the molecule is CCNCc1ccccc1N(C)C(C)CSC. The first-order valence-electron chi connectivity index (χ1n) is 6.21. The predicted octanol–water partition coefficient (Wildman–Crippen LogP) is 2.98. The van der Waals surface area contributed by atoms with Crippen molar-refractivity contribution in [2.45, 2.75) is 26.4 Å². The average Bonchev–Trinajstić information content (AvgIpc) is 2.36. The molecule has 0 fully saturated rings. The third kappa shape index (κ3) is 4.25. The maximum Gasteiger partial charge on any atom is 0.0411 e. The van der Waals surface area contributed by atoms with Crippen LogP contribution in [-0.2, 0) is 6.54 Å². The molecule has 0 aliphatic rings. The summed E-state index contributed by atoms with van der Waals surface area (Å²) in [6, 6.07) is 9.22. The summed E-state index contributed by atoms with van der Waals surface area (Å²) in [5.41, 5.74) is 2.72. The molecule has 1 N–H and O–H groups in total. The Labute approximate surface area is 110 Å². The molecule has 0 heterocycles. The maximum atomic E-state index is 3.40. The highest BCUT2D eigenvalue weighted by Crippen LogP contribution is 2.21. The normalized spacial score (nSPS) is 12.5. The molecular weight excluding hydrogens is 228 g/mol. The van der Waals surface area contributed by atoms with Gasteiger partial charge in [0, 0.05) is 31.1 Å². The lowest BCUT2D eigenvalue weighted by molar-refractivity contribution is 0.712. The highest BCUT2D eigenvalue weighted by atomic mass is 32.2. The van der Waals surface area contributed by atoms with Gasteiger partial charge in [0.25, 0.3) is 0 Å². The predicted molar refractivity (Wildman–Crippen MR) is 80.1 cm³/mol. The molecule has 1 aromatic carbocycles. The standard InChI is InChI=1S/C14H24N2S/c1-5-15-10-13-8-6-7-9-14(13)16(3)12(2)11-17-4/h6-9,12,15H,5,10-11H2,1-4H3. The topological polar surface area (TPSA) is 15.3 Å². The minimum Gasteiger partial charge on any atom is -0.371 e. The Hall–Kier alpha value is -0.670. The van der Waals surface area contributed by atoms with E-state index in [1.54, 1.807) is 0 Å². The van der Waals surface area contributed by atoms with Gasteiger partial charge in [-0.25, -0.2) is 0 Å². The Morgan fingerprint density at radius 1 is 1.35 bits per heavy atom. The van der Waals surface area contributed by atoms with Gasteiger partial charge in [-0.15, -0.1) is 0 Å². The second kappa shape index (κ2) is 7.62. The van der Waals surface area contributed by atoms with Gasteiger partial charge in [-0.3, -0.25) is 0 Å². The summed E-state index contributed by atoms with van der Waals surface area (Å²) < 4.78 is 0. The number of para-hydroxylation sites is 1. The third-order valence-corrected chi connectivity index (χ3v) is 3.82. The van der Waals surface area contributed by atoms with Crippen LogP contribution in [0.5, 0.6) is 0 Å². The molecule has 1 rings (SSSR count). The number of rotatable bonds is 7. The molecule has 1 unspecified atom stereocenters. The van der Waals surface area contributed by atoms with E-state index < -0.39 is 0 Å². The van der Waals surface area contributed by atoms with Gasteiger partial charge in [0.2, 0.25) is 0 Å². The van der Waals surface area contributed by atoms with Gasteiger partial charge in [0.1, 0.15) is 0 Å². The van der Waals surface area contributed by atoms with Gasteiger partial charge in [0.05, 0.1) is 0 Å². The fraction of sp³-hybridized carbons (Fsp3) is 0.571. The lowest BCUT2D eigenvalue weighted by atomic mass is 10.1. The fourth-order valence-corrected chi connectivity index (χ4v) is 2.56. The number of hydrogen-bond donors (Lipinski definition) is 1.